The minimum Gasteiger partial charge on any atom is -0.446 e. The van der Waals surface area contributed by atoms with Crippen LogP contribution in [0.1, 0.15) is 18.1 Å². The van der Waals surface area contributed by atoms with E-state index in [1.54, 1.807) is 30.3 Å². The van der Waals surface area contributed by atoms with Gasteiger partial charge >= 0.3 is 12.0 Å². The van der Waals surface area contributed by atoms with E-state index in [1.165, 1.54) is 36.0 Å². The maximum atomic E-state index is 13.1. The van der Waals surface area contributed by atoms with Crippen LogP contribution < -0.4 is 16.4 Å². The minimum atomic E-state index is -1.26. The molecule has 0 heterocycles. The lowest BCUT2D eigenvalue weighted by atomic mass is 10.1. The van der Waals surface area contributed by atoms with Crippen molar-refractivity contribution >= 4 is 35.4 Å². The topological polar surface area (TPSA) is 111 Å². The van der Waals surface area contributed by atoms with E-state index < -0.39 is 35.9 Å². The van der Waals surface area contributed by atoms with Crippen LogP contribution in [0, 0.1) is 5.82 Å². The molecule has 154 valence electrons. The third kappa shape index (κ3) is 7.11. The Bertz CT molecular complexity index is 833. The van der Waals surface area contributed by atoms with Gasteiger partial charge in [-0.1, -0.05) is 30.3 Å². The van der Waals surface area contributed by atoms with Crippen LogP contribution in [0.4, 0.5) is 14.9 Å². The number of nitrogens with one attached hydrogen (secondary N) is 2. The van der Waals surface area contributed by atoms with Crippen molar-refractivity contribution in [2.24, 2.45) is 5.73 Å². The molecule has 9 heteroatoms. The van der Waals surface area contributed by atoms with Gasteiger partial charge in [-0.15, -0.1) is 0 Å². The number of nitrogens with two attached hydrogens (primary N) is 1. The number of thioether (sulfide) groups is 1. The number of amides is 3. The first-order valence-electron chi connectivity index (χ1n) is 8.77. The second-order valence-corrected chi connectivity index (χ2v) is 7.05. The van der Waals surface area contributed by atoms with E-state index in [9.17, 15) is 18.8 Å². The lowest BCUT2D eigenvalue weighted by Crippen LogP contribution is -2.45. The summed E-state index contributed by atoms with van der Waals surface area (Å²) in [5, 5.41) is 4.94. The highest BCUT2D eigenvalue weighted by Gasteiger charge is 2.29. The second-order valence-electron chi connectivity index (χ2n) is 6.07. The van der Waals surface area contributed by atoms with E-state index in [0.29, 0.717) is 23.4 Å². The first kappa shape index (κ1) is 22.2. The van der Waals surface area contributed by atoms with Gasteiger partial charge in [0, 0.05) is 11.3 Å². The molecule has 0 unspecified atom stereocenters. The Hall–Kier alpha value is -3.07. The maximum absolute atomic E-state index is 13.1. The van der Waals surface area contributed by atoms with Gasteiger partial charge in [0.1, 0.15) is 11.9 Å². The number of anilines is 1. The van der Waals surface area contributed by atoms with Crippen LogP contribution in [-0.4, -0.2) is 36.0 Å². The van der Waals surface area contributed by atoms with Crippen molar-refractivity contribution in [3.63, 3.8) is 0 Å². The number of benzene rings is 2. The summed E-state index contributed by atoms with van der Waals surface area (Å²) in [5.74, 6) is -1.25. The standard InChI is InChI=1S/C20H22FN3O4S/c1-29-12-11-16(24-20(22)27)19(26)28-17(13-5-3-2-4-6-13)18(25)23-15-9-7-14(21)8-10-15/h2-10,16-17H,11-12H2,1H3,(H,23,25)(H3,22,24,27)/t16-,17+/m0/s1. The van der Waals surface area contributed by atoms with Gasteiger partial charge in [0.15, 0.2) is 0 Å². The van der Waals surface area contributed by atoms with E-state index in [4.69, 9.17) is 10.5 Å². The van der Waals surface area contributed by atoms with Gasteiger partial charge in [-0.3, -0.25) is 4.79 Å². The summed E-state index contributed by atoms with van der Waals surface area (Å²) in [6, 6.07) is 11.8. The molecule has 0 aliphatic carbocycles. The molecule has 3 amide bonds. The highest BCUT2D eigenvalue weighted by Crippen LogP contribution is 2.21. The zero-order valence-electron chi connectivity index (χ0n) is 15.8. The van der Waals surface area contributed by atoms with Crippen LogP contribution in [0.2, 0.25) is 0 Å². The van der Waals surface area contributed by atoms with Crippen molar-refractivity contribution in [2.75, 3.05) is 17.3 Å². The van der Waals surface area contributed by atoms with Gasteiger partial charge in [0.25, 0.3) is 5.91 Å². The van der Waals surface area contributed by atoms with E-state index in [-0.39, 0.29) is 0 Å². The lowest BCUT2D eigenvalue weighted by Gasteiger charge is -2.22. The van der Waals surface area contributed by atoms with Gasteiger partial charge in [-0.05, 0) is 42.7 Å². The van der Waals surface area contributed by atoms with Crippen LogP contribution in [0.3, 0.4) is 0 Å². The van der Waals surface area contributed by atoms with E-state index >= 15 is 0 Å². The number of hydrogen-bond acceptors (Lipinski definition) is 5. The molecule has 2 atom stereocenters. The molecule has 0 fully saturated rings. The number of primary amides is 1. The number of hydrogen-bond donors (Lipinski definition) is 3. The van der Waals surface area contributed by atoms with E-state index in [1.807, 2.05) is 6.26 Å². The zero-order valence-corrected chi connectivity index (χ0v) is 16.6. The summed E-state index contributed by atoms with van der Waals surface area (Å²) in [6.45, 7) is 0. The Morgan fingerprint density at radius 3 is 2.34 bits per heavy atom. The lowest BCUT2D eigenvalue weighted by molar-refractivity contribution is -0.156. The smallest absolute Gasteiger partial charge is 0.329 e. The van der Waals surface area contributed by atoms with E-state index in [2.05, 4.69) is 10.6 Å². The molecule has 2 aromatic rings. The van der Waals surface area contributed by atoms with Crippen LogP contribution in [-0.2, 0) is 14.3 Å². The molecule has 0 aliphatic rings. The molecule has 7 nitrogen and oxygen atoms in total. The number of rotatable bonds is 9. The summed E-state index contributed by atoms with van der Waals surface area (Å²) in [5.41, 5.74) is 5.94. The molecule has 0 aliphatic heterocycles. The maximum Gasteiger partial charge on any atom is 0.329 e. The Morgan fingerprint density at radius 1 is 1.10 bits per heavy atom. The molecular formula is C20H22FN3O4S. The Kier molecular flexibility index (Phi) is 8.47. The third-order valence-corrected chi connectivity index (χ3v) is 4.54. The molecule has 2 aromatic carbocycles. The SMILES string of the molecule is CSCC[C@H](NC(N)=O)C(=O)O[C@@H](C(=O)Nc1ccc(F)cc1)c1ccccc1. The van der Waals surface area contributed by atoms with Crippen LogP contribution in [0.5, 0.6) is 0 Å². The molecule has 2 rings (SSSR count). The van der Waals surface area contributed by atoms with Gasteiger partial charge in [-0.2, -0.15) is 11.8 Å². The van der Waals surface area contributed by atoms with Crippen LogP contribution in [0.25, 0.3) is 0 Å². The summed E-state index contributed by atoms with van der Waals surface area (Å²) < 4.78 is 18.5. The summed E-state index contributed by atoms with van der Waals surface area (Å²) >= 11 is 1.49. The minimum absolute atomic E-state index is 0.296. The number of esters is 1. The molecule has 0 spiro atoms. The quantitative estimate of drug-likeness (QED) is 0.542. The Labute approximate surface area is 172 Å². The number of carbonyl (C=O) groups is 3. The normalized spacial score (nSPS) is 12.5. The van der Waals surface area contributed by atoms with Crippen molar-refractivity contribution in [1.29, 1.82) is 0 Å². The van der Waals surface area contributed by atoms with Crippen molar-refractivity contribution in [2.45, 2.75) is 18.6 Å². The molecule has 4 N–H and O–H groups in total. The molecule has 0 aromatic heterocycles. The predicted octanol–water partition coefficient (Wildman–Crippen LogP) is 2.84. The second kappa shape index (κ2) is 11.1. The monoisotopic (exact) mass is 419 g/mol. The molecule has 0 saturated heterocycles. The van der Waals surface area contributed by atoms with Crippen molar-refractivity contribution in [3.8, 4) is 0 Å². The highest BCUT2D eigenvalue weighted by molar-refractivity contribution is 7.98. The zero-order chi connectivity index (χ0) is 21.2. The molecule has 0 bridgehead atoms. The van der Waals surface area contributed by atoms with Crippen molar-refractivity contribution in [3.05, 3.63) is 66.0 Å². The molecule has 0 radical (unpaired) electrons. The van der Waals surface area contributed by atoms with Crippen LogP contribution in [0.15, 0.2) is 54.6 Å². The number of ether oxygens (including phenoxy) is 1. The van der Waals surface area contributed by atoms with Gasteiger partial charge in [-0.25, -0.2) is 14.0 Å². The number of urea groups is 1. The van der Waals surface area contributed by atoms with E-state index in [0.717, 1.165) is 0 Å². The first-order valence-corrected chi connectivity index (χ1v) is 10.2. The van der Waals surface area contributed by atoms with Gasteiger partial charge in [0.05, 0.1) is 0 Å². The number of carbonyl (C=O) groups excluding carboxylic acids is 3. The third-order valence-electron chi connectivity index (χ3n) is 3.90. The molecule has 29 heavy (non-hydrogen) atoms. The average molecular weight is 419 g/mol. The number of halogens is 1. The fourth-order valence-corrected chi connectivity index (χ4v) is 2.97. The fourth-order valence-electron chi connectivity index (χ4n) is 2.50. The fraction of sp³-hybridized carbons (Fsp3) is 0.250. The van der Waals surface area contributed by atoms with Crippen molar-refractivity contribution < 1.29 is 23.5 Å². The van der Waals surface area contributed by atoms with Crippen LogP contribution >= 0.6 is 11.8 Å². The molecule has 0 saturated carbocycles. The first-order chi connectivity index (χ1) is 13.9. The van der Waals surface area contributed by atoms with Gasteiger partial charge in [0.2, 0.25) is 6.10 Å². The largest absolute Gasteiger partial charge is 0.446 e. The summed E-state index contributed by atoms with van der Waals surface area (Å²) in [7, 11) is 0. The average Bonchev–Trinajstić information content (AvgIpc) is 2.71. The predicted molar refractivity (Wildman–Crippen MR) is 110 cm³/mol. The van der Waals surface area contributed by atoms with Gasteiger partial charge < -0.3 is 21.1 Å². The Balaban J connectivity index is 2.20. The summed E-state index contributed by atoms with van der Waals surface area (Å²) in [6.07, 6.45) is 0.889. The molecular weight excluding hydrogens is 397 g/mol. The summed E-state index contributed by atoms with van der Waals surface area (Å²) in [4.78, 5) is 36.7. The van der Waals surface area contributed by atoms with Crippen molar-refractivity contribution in [1.82, 2.24) is 5.32 Å². The highest BCUT2D eigenvalue weighted by atomic mass is 32.2. The Morgan fingerprint density at radius 2 is 1.76 bits per heavy atom.